The fourth-order valence-corrected chi connectivity index (χ4v) is 3.05. The van der Waals surface area contributed by atoms with Crippen molar-refractivity contribution in [2.24, 2.45) is 0 Å². The van der Waals surface area contributed by atoms with E-state index in [0.29, 0.717) is 0 Å². The van der Waals surface area contributed by atoms with Crippen molar-refractivity contribution in [1.29, 1.82) is 0 Å². The van der Waals surface area contributed by atoms with Crippen LogP contribution in [0.4, 0.5) is 18.9 Å². The lowest BCUT2D eigenvalue weighted by molar-refractivity contribution is -0.137. The zero-order valence-electron chi connectivity index (χ0n) is 13.4. The van der Waals surface area contributed by atoms with Crippen LogP contribution in [0.15, 0.2) is 66.1 Å². The number of anilines is 1. The van der Waals surface area contributed by atoms with Crippen LogP contribution in [0.1, 0.15) is 15.9 Å². The van der Waals surface area contributed by atoms with Crippen LogP contribution in [-0.2, 0) is 16.2 Å². The minimum Gasteiger partial charge on any atom is -0.349 e. The van der Waals surface area contributed by atoms with Crippen LogP contribution in [0.3, 0.4) is 0 Å². The molecule has 0 bridgehead atoms. The minimum absolute atomic E-state index is 0.00852. The molecule has 138 valence electrons. The fourth-order valence-electron chi connectivity index (χ4n) is 1.99. The Balaban J connectivity index is 2.14. The zero-order chi connectivity index (χ0) is 19.4. The Labute approximate surface area is 148 Å². The molecule has 0 aliphatic rings. The predicted molar refractivity (Wildman–Crippen MR) is 91.2 cm³/mol. The van der Waals surface area contributed by atoms with Crippen LogP contribution in [-0.4, -0.2) is 20.9 Å². The number of halogens is 3. The van der Waals surface area contributed by atoms with Gasteiger partial charge >= 0.3 is 6.18 Å². The molecule has 0 aromatic heterocycles. The molecule has 9 heteroatoms. The SMILES string of the molecule is C=CCNC(=O)c1ccc(S(=O)(=O)Nc2ccc(C(F)(F)F)cc2)cc1. The minimum atomic E-state index is -4.50. The molecule has 0 heterocycles. The number of benzene rings is 2. The number of carbonyl (C=O) groups excluding carboxylic acids is 1. The topological polar surface area (TPSA) is 75.3 Å². The molecule has 0 spiro atoms. The Morgan fingerprint density at radius 1 is 1.04 bits per heavy atom. The maximum absolute atomic E-state index is 12.5. The lowest BCUT2D eigenvalue weighted by atomic mass is 10.2. The predicted octanol–water partition coefficient (Wildman–Crippen LogP) is 3.42. The number of hydrogen-bond acceptors (Lipinski definition) is 3. The van der Waals surface area contributed by atoms with Crippen molar-refractivity contribution in [1.82, 2.24) is 5.32 Å². The van der Waals surface area contributed by atoms with Gasteiger partial charge in [0.15, 0.2) is 0 Å². The lowest BCUT2D eigenvalue weighted by Crippen LogP contribution is -2.23. The van der Waals surface area contributed by atoms with Gasteiger partial charge in [-0.05, 0) is 48.5 Å². The number of rotatable bonds is 6. The molecular formula is C17H15F3N2O3S. The Morgan fingerprint density at radius 2 is 1.62 bits per heavy atom. The summed E-state index contributed by atoms with van der Waals surface area (Å²) in [4.78, 5) is 11.6. The fraction of sp³-hybridized carbons (Fsp3) is 0.118. The molecule has 2 N–H and O–H groups in total. The van der Waals surface area contributed by atoms with Crippen molar-refractivity contribution < 1.29 is 26.4 Å². The summed E-state index contributed by atoms with van der Waals surface area (Å²) in [5.41, 5.74) is -0.624. The summed E-state index contributed by atoms with van der Waals surface area (Å²) in [6, 6.07) is 8.74. The summed E-state index contributed by atoms with van der Waals surface area (Å²) in [7, 11) is -4.00. The first kappa shape index (κ1) is 19.5. The van der Waals surface area contributed by atoms with E-state index in [0.717, 1.165) is 24.3 Å². The highest BCUT2D eigenvalue weighted by atomic mass is 32.2. The second-order valence-electron chi connectivity index (χ2n) is 5.20. The Bertz CT molecular complexity index is 890. The first-order chi connectivity index (χ1) is 12.1. The maximum Gasteiger partial charge on any atom is 0.416 e. The highest BCUT2D eigenvalue weighted by Crippen LogP contribution is 2.30. The van der Waals surface area contributed by atoms with Crippen LogP contribution < -0.4 is 10.0 Å². The summed E-state index contributed by atoms with van der Waals surface area (Å²) < 4.78 is 64.3. The molecule has 0 saturated carbocycles. The summed E-state index contributed by atoms with van der Waals surface area (Å²) in [6.07, 6.45) is -3.00. The lowest BCUT2D eigenvalue weighted by Gasteiger charge is -2.11. The van der Waals surface area contributed by atoms with Crippen molar-refractivity contribution in [3.8, 4) is 0 Å². The molecule has 0 aliphatic carbocycles. The monoisotopic (exact) mass is 384 g/mol. The highest BCUT2D eigenvalue weighted by molar-refractivity contribution is 7.92. The van der Waals surface area contributed by atoms with Gasteiger partial charge < -0.3 is 5.32 Å². The number of sulfonamides is 1. The number of amides is 1. The molecule has 26 heavy (non-hydrogen) atoms. The van der Waals surface area contributed by atoms with Gasteiger partial charge in [0, 0.05) is 17.8 Å². The van der Waals surface area contributed by atoms with Gasteiger partial charge in [0.25, 0.3) is 15.9 Å². The van der Waals surface area contributed by atoms with Crippen molar-refractivity contribution in [2.45, 2.75) is 11.1 Å². The van der Waals surface area contributed by atoms with E-state index in [1.54, 1.807) is 0 Å². The third kappa shape index (κ3) is 4.85. The average molecular weight is 384 g/mol. The molecule has 2 rings (SSSR count). The Hall–Kier alpha value is -2.81. The van der Waals surface area contributed by atoms with E-state index < -0.39 is 21.8 Å². The van der Waals surface area contributed by atoms with Crippen molar-refractivity contribution in [3.05, 3.63) is 72.3 Å². The second-order valence-corrected chi connectivity index (χ2v) is 6.89. The van der Waals surface area contributed by atoms with Gasteiger partial charge in [0.2, 0.25) is 0 Å². The second kappa shape index (κ2) is 7.61. The molecule has 5 nitrogen and oxygen atoms in total. The zero-order valence-corrected chi connectivity index (χ0v) is 14.2. The van der Waals surface area contributed by atoms with Gasteiger partial charge in [-0.3, -0.25) is 9.52 Å². The number of hydrogen-bond donors (Lipinski definition) is 2. The molecule has 1 amide bonds. The van der Waals surface area contributed by atoms with E-state index in [9.17, 15) is 26.4 Å². The summed E-state index contributed by atoms with van der Waals surface area (Å²) >= 11 is 0. The van der Waals surface area contributed by atoms with Gasteiger partial charge in [-0.25, -0.2) is 8.42 Å². The summed E-state index contributed by atoms with van der Waals surface area (Å²) in [5.74, 6) is -0.385. The van der Waals surface area contributed by atoms with E-state index in [2.05, 4.69) is 16.6 Å². The Kier molecular flexibility index (Phi) is 5.71. The number of carbonyl (C=O) groups is 1. The maximum atomic E-state index is 12.5. The third-order valence-corrected chi connectivity index (χ3v) is 4.70. The largest absolute Gasteiger partial charge is 0.416 e. The van der Waals surface area contributed by atoms with Gasteiger partial charge in [-0.1, -0.05) is 6.08 Å². The van der Waals surface area contributed by atoms with Crippen LogP contribution in [0, 0.1) is 0 Å². The standard InChI is InChI=1S/C17H15F3N2O3S/c1-2-11-21-16(23)12-3-9-15(10-4-12)26(24,25)22-14-7-5-13(6-8-14)17(18,19)20/h2-10,22H,1,11H2,(H,21,23). The number of alkyl halides is 3. The molecule has 0 fully saturated rings. The summed E-state index contributed by atoms with van der Waals surface area (Å²) in [6.45, 7) is 3.74. The first-order valence-corrected chi connectivity index (χ1v) is 8.81. The highest BCUT2D eigenvalue weighted by Gasteiger charge is 2.30. The van der Waals surface area contributed by atoms with Crippen molar-refractivity contribution in [3.63, 3.8) is 0 Å². The van der Waals surface area contributed by atoms with E-state index in [4.69, 9.17) is 0 Å². The normalized spacial score (nSPS) is 11.7. The quantitative estimate of drug-likeness (QED) is 0.750. The third-order valence-electron chi connectivity index (χ3n) is 3.30. The summed E-state index contributed by atoms with van der Waals surface area (Å²) in [5, 5.41) is 2.55. The van der Waals surface area contributed by atoms with E-state index in [1.807, 2.05) is 0 Å². The van der Waals surface area contributed by atoms with Crippen LogP contribution >= 0.6 is 0 Å². The first-order valence-electron chi connectivity index (χ1n) is 7.33. The Morgan fingerprint density at radius 3 is 2.12 bits per heavy atom. The molecule has 0 radical (unpaired) electrons. The van der Waals surface area contributed by atoms with Gasteiger partial charge in [0.05, 0.1) is 10.5 Å². The molecule has 2 aromatic carbocycles. The van der Waals surface area contributed by atoms with E-state index in [1.165, 1.54) is 30.3 Å². The molecule has 2 aromatic rings. The van der Waals surface area contributed by atoms with Crippen molar-refractivity contribution in [2.75, 3.05) is 11.3 Å². The smallest absolute Gasteiger partial charge is 0.349 e. The molecule has 0 unspecified atom stereocenters. The molecule has 0 saturated heterocycles. The van der Waals surface area contributed by atoms with Crippen LogP contribution in [0.2, 0.25) is 0 Å². The van der Waals surface area contributed by atoms with Gasteiger partial charge in [0.1, 0.15) is 0 Å². The van der Waals surface area contributed by atoms with Crippen molar-refractivity contribution >= 4 is 21.6 Å². The van der Waals surface area contributed by atoms with Crippen LogP contribution in [0.25, 0.3) is 0 Å². The molecular weight excluding hydrogens is 369 g/mol. The van der Waals surface area contributed by atoms with E-state index >= 15 is 0 Å². The molecule has 0 aliphatic heterocycles. The molecule has 0 atom stereocenters. The van der Waals surface area contributed by atoms with Gasteiger partial charge in [-0.15, -0.1) is 6.58 Å². The van der Waals surface area contributed by atoms with E-state index in [-0.39, 0.29) is 28.6 Å². The van der Waals surface area contributed by atoms with Gasteiger partial charge in [-0.2, -0.15) is 13.2 Å². The average Bonchev–Trinajstić information content (AvgIpc) is 2.59. The van der Waals surface area contributed by atoms with Crippen LogP contribution in [0.5, 0.6) is 0 Å². The number of nitrogens with one attached hydrogen (secondary N) is 2.